The van der Waals surface area contributed by atoms with Gasteiger partial charge in [0.2, 0.25) is 5.69 Å². The molecule has 5 aliphatic rings. The van der Waals surface area contributed by atoms with Crippen LogP contribution in [-0.4, -0.2) is 29.2 Å². The van der Waals surface area contributed by atoms with Crippen LogP contribution < -0.4 is 10.0 Å². The lowest BCUT2D eigenvalue weighted by Crippen LogP contribution is -2.39. The third-order valence-corrected chi connectivity index (χ3v) is 13.7. The Bertz CT molecular complexity index is 2290. The number of rotatable bonds is 8. The van der Waals surface area contributed by atoms with E-state index in [1.165, 1.54) is 68.3 Å². The number of allylic oxidation sites excluding steroid dienone is 5. The summed E-state index contributed by atoms with van der Waals surface area (Å²) in [5.41, 5.74) is 8.09. The second kappa shape index (κ2) is 13.7. The summed E-state index contributed by atoms with van der Waals surface area (Å²) in [7, 11) is 0. The summed E-state index contributed by atoms with van der Waals surface area (Å²) in [6, 6.07) is 26.7. The maximum Gasteiger partial charge on any atom is 0.210 e. The zero-order valence-electron chi connectivity index (χ0n) is 32.8. The smallest absolute Gasteiger partial charge is 0.210 e. The Labute approximate surface area is 322 Å². The van der Waals surface area contributed by atoms with E-state index in [0.29, 0.717) is 23.0 Å². The molecule has 0 bridgehead atoms. The lowest BCUT2D eigenvalue weighted by atomic mass is 9.65. The quantitative estimate of drug-likeness (QED) is 0.135. The first-order chi connectivity index (χ1) is 26.2. The van der Waals surface area contributed by atoms with E-state index in [-0.39, 0.29) is 22.4 Å². The van der Waals surface area contributed by atoms with Gasteiger partial charge in [-0.1, -0.05) is 127 Å². The van der Waals surface area contributed by atoms with Crippen molar-refractivity contribution in [2.45, 2.75) is 116 Å². The number of carbonyl (C=O) groups excluding carboxylic acids is 1. The maximum absolute atomic E-state index is 14.6. The maximum atomic E-state index is 14.6. The molecule has 0 N–H and O–H groups in total. The van der Waals surface area contributed by atoms with Crippen LogP contribution in [0.4, 0.5) is 11.4 Å². The standard InChI is InChI=1S/C50H56N2O2/c1-33(2)23-29-51-41-21-19-35-15-7-9-17-37(35)45(41)49(25-11-5-12-26-49)43(51)31-39-47(53)40(48(39)54)32-44-50(27-13-6-14-28-50)46-38-18-10-8-16-36(38)20-22-42(46)52(44)30-24-34(3)4/h7-10,15-22,31-34H,5-6,11-14,23-30H2,1-4H3. The van der Waals surface area contributed by atoms with Gasteiger partial charge in [0.15, 0.2) is 11.5 Å². The number of carbonyl (C=O) groups is 1. The highest BCUT2D eigenvalue weighted by molar-refractivity contribution is 6.24. The number of Topliss-reactive ketones (excluding diaryl/α,β-unsaturated/α-hetero) is 1. The molecule has 278 valence electrons. The minimum absolute atomic E-state index is 0.0776. The molecule has 2 saturated carbocycles. The zero-order chi connectivity index (χ0) is 37.2. The van der Waals surface area contributed by atoms with Gasteiger partial charge in [-0.15, -0.1) is 0 Å². The highest BCUT2D eigenvalue weighted by Crippen LogP contribution is 2.58. The van der Waals surface area contributed by atoms with Gasteiger partial charge in [-0.05, 0) is 89.3 Å². The van der Waals surface area contributed by atoms with Gasteiger partial charge < -0.3 is 10.0 Å². The number of benzene rings is 4. The summed E-state index contributed by atoms with van der Waals surface area (Å²) in [5.74, 6) is 0.933. The van der Waals surface area contributed by atoms with Crippen molar-refractivity contribution in [2.75, 3.05) is 18.0 Å². The number of hydrogen-bond acceptors (Lipinski definition) is 3. The third-order valence-electron chi connectivity index (χ3n) is 13.7. The largest absolute Gasteiger partial charge is 0.871 e. The third kappa shape index (κ3) is 5.45. The lowest BCUT2D eigenvalue weighted by molar-refractivity contribution is -0.439. The fourth-order valence-electron chi connectivity index (χ4n) is 11.0. The first kappa shape index (κ1) is 35.3. The average molecular weight is 717 g/mol. The fourth-order valence-corrected chi connectivity index (χ4v) is 11.0. The van der Waals surface area contributed by atoms with E-state index in [9.17, 15) is 9.90 Å². The van der Waals surface area contributed by atoms with Crippen molar-refractivity contribution >= 4 is 44.4 Å². The van der Waals surface area contributed by atoms with Crippen molar-refractivity contribution in [3.8, 4) is 0 Å². The number of hydrogen-bond donors (Lipinski definition) is 0. The molecule has 4 nitrogen and oxygen atoms in total. The Kier molecular flexibility index (Phi) is 8.95. The summed E-state index contributed by atoms with van der Waals surface area (Å²) in [6.45, 7) is 10.9. The van der Waals surface area contributed by atoms with Crippen molar-refractivity contribution in [3.63, 3.8) is 0 Å². The summed E-state index contributed by atoms with van der Waals surface area (Å²) < 4.78 is 2.50. The van der Waals surface area contributed by atoms with Gasteiger partial charge in [0, 0.05) is 58.6 Å². The molecule has 2 aliphatic heterocycles. The van der Waals surface area contributed by atoms with Crippen molar-refractivity contribution in [1.82, 2.24) is 0 Å². The SMILES string of the molecule is CC(C)CCN1/C(=C\C2=C([O-])C(=C\C3=[N+](CCC(C)C)c4ccc5ccccc5c4C34CCCCC4)/C2=O)C2(CCCCC2)c2c1ccc1ccccc21. The molecule has 54 heavy (non-hydrogen) atoms. The minimum Gasteiger partial charge on any atom is -0.871 e. The molecule has 0 saturated heterocycles. The van der Waals surface area contributed by atoms with E-state index in [4.69, 9.17) is 0 Å². The predicted molar refractivity (Wildman–Crippen MR) is 222 cm³/mol. The number of fused-ring (bicyclic) bond motifs is 8. The minimum atomic E-state index is -0.193. The van der Waals surface area contributed by atoms with Crippen molar-refractivity contribution in [1.29, 1.82) is 0 Å². The first-order valence-corrected chi connectivity index (χ1v) is 21.1. The van der Waals surface area contributed by atoms with E-state index >= 15 is 0 Å². The highest BCUT2D eigenvalue weighted by atomic mass is 16.3. The molecule has 0 unspecified atom stereocenters. The van der Waals surface area contributed by atoms with Gasteiger partial charge >= 0.3 is 0 Å². The molecule has 3 aliphatic carbocycles. The molecular weight excluding hydrogens is 661 g/mol. The Morgan fingerprint density at radius 2 is 1.30 bits per heavy atom. The second-order valence-corrected chi connectivity index (χ2v) is 17.9. The van der Waals surface area contributed by atoms with Crippen molar-refractivity contribution in [3.05, 3.63) is 119 Å². The van der Waals surface area contributed by atoms with Gasteiger partial charge in [-0.25, -0.2) is 0 Å². The fraction of sp³-hybridized carbons (Fsp3) is 0.440. The molecule has 0 aromatic heterocycles. The average Bonchev–Trinajstić information content (AvgIpc) is 3.59. The van der Waals surface area contributed by atoms with Crippen LogP contribution in [0.3, 0.4) is 0 Å². The van der Waals surface area contributed by atoms with E-state index in [1.807, 2.05) is 0 Å². The molecular formula is C50H56N2O2. The molecule has 2 spiro atoms. The first-order valence-electron chi connectivity index (χ1n) is 21.1. The molecule has 0 radical (unpaired) electrons. The second-order valence-electron chi connectivity index (χ2n) is 17.9. The van der Waals surface area contributed by atoms with E-state index in [1.54, 1.807) is 0 Å². The number of anilines is 1. The van der Waals surface area contributed by atoms with Crippen LogP contribution in [0.1, 0.15) is 116 Å². The molecule has 4 aromatic carbocycles. The number of ketones is 1. The van der Waals surface area contributed by atoms with Crippen molar-refractivity contribution < 1.29 is 14.5 Å². The zero-order valence-corrected chi connectivity index (χ0v) is 32.8. The molecule has 0 atom stereocenters. The van der Waals surface area contributed by atoms with E-state index in [0.717, 1.165) is 77.3 Å². The number of nitrogens with zero attached hydrogens (tertiary/aromatic N) is 2. The molecule has 2 fully saturated rings. The highest BCUT2D eigenvalue weighted by Gasteiger charge is 2.53. The van der Waals surface area contributed by atoms with Crippen LogP contribution in [0.15, 0.2) is 108 Å². The lowest BCUT2D eigenvalue weighted by Gasteiger charge is -2.39. The summed E-state index contributed by atoms with van der Waals surface area (Å²) in [5, 5.41) is 19.7. The van der Waals surface area contributed by atoms with Crippen LogP contribution in [-0.2, 0) is 15.6 Å². The Balaban J connectivity index is 1.20. The van der Waals surface area contributed by atoms with Crippen LogP contribution >= 0.6 is 0 Å². The van der Waals surface area contributed by atoms with E-state index < -0.39 is 0 Å². The van der Waals surface area contributed by atoms with Crippen LogP contribution in [0.5, 0.6) is 0 Å². The van der Waals surface area contributed by atoms with Gasteiger partial charge in [-0.2, -0.15) is 4.58 Å². The molecule has 4 heteroatoms. The topological polar surface area (TPSA) is 46.4 Å². The summed E-state index contributed by atoms with van der Waals surface area (Å²) in [4.78, 5) is 17.1. The normalized spacial score (nSPS) is 21.9. The molecule has 2 heterocycles. The van der Waals surface area contributed by atoms with Gasteiger partial charge in [0.05, 0.1) is 5.41 Å². The van der Waals surface area contributed by atoms with Gasteiger partial charge in [0.1, 0.15) is 6.54 Å². The summed E-state index contributed by atoms with van der Waals surface area (Å²) in [6.07, 6.45) is 17.5. The molecule has 9 rings (SSSR count). The van der Waals surface area contributed by atoms with Gasteiger partial charge in [-0.3, -0.25) is 4.79 Å². The van der Waals surface area contributed by atoms with Crippen LogP contribution in [0, 0.1) is 11.8 Å². The monoisotopic (exact) mass is 716 g/mol. The molecule has 4 aromatic rings. The Morgan fingerprint density at radius 3 is 1.93 bits per heavy atom. The van der Waals surface area contributed by atoms with Gasteiger partial charge in [0.25, 0.3) is 0 Å². The Morgan fingerprint density at radius 1 is 0.704 bits per heavy atom. The molecule has 0 amide bonds. The Hall–Kier alpha value is -4.44. The van der Waals surface area contributed by atoms with Crippen LogP contribution in [0.25, 0.3) is 21.5 Å². The van der Waals surface area contributed by atoms with E-state index in [2.05, 4.69) is 122 Å². The van der Waals surface area contributed by atoms with Crippen molar-refractivity contribution in [2.24, 2.45) is 11.8 Å². The van der Waals surface area contributed by atoms with Crippen LogP contribution in [0.2, 0.25) is 0 Å². The predicted octanol–water partition coefficient (Wildman–Crippen LogP) is 11.1. The summed E-state index contributed by atoms with van der Waals surface area (Å²) >= 11 is 0.